The van der Waals surface area contributed by atoms with Crippen LogP contribution in [0.4, 0.5) is 0 Å². The minimum atomic E-state index is -0.00542. The Morgan fingerprint density at radius 3 is 2.74 bits per heavy atom. The zero-order valence-electron chi connectivity index (χ0n) is 16.7. The van der Waals surface area contributed by atoms with E-state index in [2.05, 4.69) is 17.1 Å². The topological polar surface area (TPSA) is 50.8 Å². The van der Waals surface area contributed by atoms with Gasteiger partial charge in [0, 0.05) is 30.7 Å². The van der Waals surface area contributed by atoms with Gasteiger partial charge in [0.05, 0.1) is 19.8 Å². The normalized spacial score (nSPS) is 20.2. The van der Waals surface area contributed by atoms with Crippen LogP contribution < -0.4 is 10.1 Å². The van der Waals surface area contributed by atoms with E-state index in [-0.39, 0.29) is 11.4 Å². The van der Waals surface area contributed by atoms with Gasteiger partial charge >= 0.3 is 0 Å². The molecule has 0 atom stereocenters. The van der Waals surface area contributed by atoms with Crippen LogP contribution in [-0.4, -0.2) is 55.8 Å². The van der Waals surface area contributed by atoms with Crippen molar-refractivity contribution in [2.45, 2.75) is 57.4 Å². The van der Waals surface area contributed by atoms with Crippen LogP contribution in [0.15, 0.2) is 24.3 Å². The summed E-state index contributed by atoms with van der Waals surface area (Å²) in [6.45, 7) is 7.09. The predicted octanol–water partition coefficient (Wildman–Crippen LogP) is 3.63. The van der Waals surface area contributed by atoms with Crippen molar-refractivity contribution in [2.24, 2.45) is 0 Å². The van der Waals surface area contributed by atoms with Gasteiger partial charge in [-0.3, -0.25) is 9.69 Å². The Bertz CT molecular complexity index is 593. The molecule has 1 aromatic rings. The Balaban J connectivity index is 1.61. The van der Waals surface area contributed by atoms with Crippen molar-refractivity contribution in [3.63, 3.8) is 0 Å². The summed E-state index contributed by atoms with van der Waals surface area (Å²) in [5.41, 5.74) is 0.768. The fraction of sp³-hybridized carbons (Fsp3) is 0.682. The highest BCUT2D eigenvalue weighted by atomic mass is 16.5. The molecule has 2 aliphatic rings. The van der Waals surface area contributed by atoms with Crippen molar-refractivity contribution in [1.82, 2.24) is 10.2 Å². The van der Waals surface area contributed by atoms with Gasteiger partial charge in [-0.1, -0.05) is 38.7 Å². The molecule has 1 amide bonds. The van der Waals surface area contributed by atoms with E-state index in [0.717, 1.165) is 57.7 Å². The molecule has 1 saturated carbocycles. The molecule has 1 aliphatic heterocycles. The van der Waals surface area contributed by atoms with Gasteiger partial charge in [-0.25, -0.2) is 0 Å². The number of unbranched alkanes of at least 4 members (excludes halogenated alkanes) is 1. The zero-order valence-corrected chi connectivity index (χ0v) is 16.7. The highest BCUT2D eigenvalue weighted by molar-refractivity contribution is 5.94. The lowest BCUT2D eigenvalue weighted by Crippen LogP contribution is -2.59. The maximum absolute atomic E-state index is 12.8. The molecule has 5 nitrogen and oxygen atoms in total. The van der Waals surface area contributed by atoms with Gasteiger partial charge in [-0.15, -0.1) is 0 Å². The van der Waals surface area contributed by atoms with Gasteiger partial charge < -0.3 is 14.8 Å². The van der Waals surface area contributed by atoms with Crippen LogP contribution in [0.3, 0.4) is 0 Å². The van der Waals surface area contributed by atoms with E-state index < -0.39 is 0 Å². The largest absolute Gasteiger partial charge is 0.494 e. The summed E-state index contributed by atoms with van der Waals surface area (Å²) < 4.78 is 11.3. The van der Waals surface area contributed by atoms with Gasteiger partial charge in [0.1, 0.15) is 5.75 Å². The minimum absolute atomic E-state index is 0.00542. The number of hydrogen-bond acceptors (Lipinski definition) is 4. The number of morpholine rings is 1. The van der Waals surface area contributed by atoms with E-state index in [0.29, 0.717) is 18.7 Å². The van der Waals surface area contributed by atoms with Crippen LogP contribution in [0, 0.1) is 0 Å². The SMILES string of the molecule is CCCCOc1cccc(C(=O)NCC2(N3CCOCC3)CCCCC2)c1. The number of carbonyl (C=O) groups is 1. The first-order valence-corrected chi connectivity index (χ1v) is 10.6. The molecular weight excluding hydrogens is 340 g/mol. The fourth-order valence-electron chi connectivity index (χ4n) is 4.26. The number of rotatable bonds is 8. The molecule has 0 radical (unpaired) electrons. The molecule has 0 spiro atoms. The van der Waals surface area contributed by atoms with E-state index in [9.17, 15) is 4.79 Å². The number of nitrogens with one attached hydrogen (secondary N) is 1. The number of ether oxygens (including phenoxy) is 2. The smallest absolute Gasteiger partial charge is 0.251 e. The highest BCUT2D eigenvalue weighted by Gasteiger charge is 2.38. The summed E-state index contributed by atoms with van der Waals surface area (Å²) >= 11 is 0. The third-order valence-electron chi connectivity index (χ3n) is 5.91. The standard InChI is InChI=1S/C22H34N2O3/c1-2-3-14-27-20-9-7-8-19(17-20)21(25)23-18-22(10-5-4-6-11-22)24-12-15-26-16-13-24/h7-9,17H,2-6,10-16,18H2,1H3,(H,23,25). The molecule has 1 saturated heterocycles. The van der Waals surface area contributed by atoms with Crippen LogP contribution in [0.2, 0.25) is 0 Å². The number of carbonyl (C=O) groups excluding carboxylic acids is 1. The lowest BCUT2D eigenvalue weighted by Gasteiger charge is -2.48. The summed E-state index contributed by atoms with van der Waals surface area (Å²) in [7, 11) is 0. The van der Waals surface area contributed by atoms with Crippen LogP contribution in [0.25, 0.3) is 0 Å². The fourth-order valence-corrected chi connectivity index (χ4v) is 4.26. The minimum Gasteiger partial charge on any atom is -0.494 e. The van der Waals surface area contributed by atoms with Crippen molar-refractivity contribution in [3.05, 3.63) is 29.8 Å². The Morgan fingerprint density at radius 1 is 1.22 bits per heavy atom. The molecule has 1 aromatic carbocycles. The number of benzene rings is 1. The van der Waals surface area contributed by atoms with E-state index >= 15 is 0 Å². The summed E-state index contributed by atoms with van der Waals surface area (Å²) in [5.74, 6) is 0.769. The average Bonchev–Trinajstić information content (AvgIpc) is 2.74. The second-order valence-corrected chi connectivity index (χ2v) is 7.80. The van der Waals surface area contributed by atoms with Gasteiger partial charge in [-0.05, 0) is 37.5 Å². The molecule has 0 bridgehead atoms. The van der Waals surface area contributed by atoms with Crippen molar-refractivity contribution >= 4 is 5.91 Å². The summed E-state index contributed by atoms with van der Waals surface area (Å²) in [6.07, 6.45) is 8.24. The second kappa shape index (κ2) is 10.1. The molecule has 150 valence electrons. The molecule has 3 rings (SSSR count). The predicted molar refractivity (Wildman–Crippen MR) is 107 cm³/mol. The maximum atomic E-state index is 12.8. The van der Waals surface area contributed by atoms with Gasteiger partial charge in [-0.2, -0.15) is 0 Å². The first-order valence-electron chi connectivity index (χ1n) is 10.6. The molecule has 0 aromatic heterocycles. The third-order valence-corrected chi connectivity index (χ3v) is 5.91. The maximum Gasteiger partial charge on any atom is 0.251 e. The van der Waals surface area contributed by atoms with Gasteiger partial charge in [0.15, 0.2) is 0 Å². The van der Waals surface area contributed by atoms with Gasteiger partial charge in [0.2, 0.25) is 0 Å². The van der Waals surface area contributed by atoms with Gasteiger partial charge in [0.25, 0.3) is 5.91 Å². The summed E-state index contributed by atoms with van der Waals surface area (Å²) in [5, 5.41) is 3.22. The van der Waals surface area contributed by atoms with E-state index in [4.69, 9.17) is 9.47 Å². The molecule has 2 fully saturated rings. The second-order valence-electron chi connectivity index (χ2n) is 7.80. The Kier molecular flexibility index (Phi) is 7.53. The number of amides is 1. The number of nitrogens with zero attached hydrogens (tertiary/aromatic N) is 1. The van der Waals surface area contributed by atoms with Crippen molar-refractivity contribution in [1.29, 1.82) is 0 Å². The quantitative estimate of drug-likeness (QED) is 0.706. The number of hydrogen-bond donors (Lipinski definition) is 1. The monoisotopic (exact) mass is 374 g/mol. The van der Waals surface area contributed by atoms with Crippen LogP contribution in [-0.2, 0) is 4.74 Å². The lowest BCUT2D eigenvalue weighted by atomic mass is 9.79. The lowest BCUT2D eigenvalue weighted by molar-refractivity contribution is -0.0361. The van der Waals surface area contributed by atoms with E-state index in [1.165, 1.54) is 19.3 Å². The van der Waals surface area contributed by atoms with Crippen LogP contribution in [0.1, 0.15) is 62.2 Å². The molecule has 1 N–H and O–H groups in total. The van der Waals surface area contributed by atoms with E-state index in [1.54, 1.807) is 0 Å². The van der Waals surface area contributed by atoms with Crippen LogP contribution in [0.5, 0.6) is 5.75 Å². The van der Waals surface area contributed by atoms with Crippen molar-refractivity contribution in [3.8, 4) is 5.75 Å². The van der Waals surface area contributed by atoms with Crippen molar-refractivity contribution in [2.75, 3.05) is 39.5 Å². The summed E-state index contributed by atoms with van der Waals surface area (Å²) in [4.78, 5) is 15.3. The Hall–Kier alpha value is -1.59. The Morgan fingerprint density at radius 2 is 2.00 bits per heavy atom. The molecule has 0 unspecified atom stereocenters. The molecule has 1 heterocycles. The van der Waals surface area contributed by atoms with Crippen LogP contribution >= 0.6 is 0 Å². The highest BCUT2D eigenvalue weighted by Crippen LogP contribution is 2.34. The Labute approximate surface area is 163 Å². The van der Waals surface area contributed by atoms with E-state index in [1.807, 2.05) is 24.3 Å². The molecule has 1 aliphatic carbocycles. The van der Waals surface area contributed by atoms with Crippen molar-refractivity contribution < 1.29 is 14.3 Å². The molecule has 27 heavy (non-hydrogen) atoms. The average molecular weight is 375 g/mol. The third kappa shape index (κ3) is 5.45. The molecule has 5 heteroatoms. The summed E-state index contributed by atoms with van der Waals surface area (Å²) in [6, 6.07) is 7.54. The zero-order chi connectivity index (χ0) is 19.0. The molecular formula is C22H34N2O3. The first-order chi connectivity index (χ1) is 13.2. The first kappa shape index (κ1) is 20.2.